The van der Waals surface area contributed by atoms with Gasteiger partial charge in [0.05, 0.1) is 24.4 Å². The van der Waals surface area contributed by atoms with Crippen molar-refractivity contribution < 1.29 is 18.7 Å². The lowest BCUT2D eigenvalue weighted by Gasteiger charge is -2.34. The zero-order valence-electron chi connectivity index (χ0n) is 17.5. The normalized spacial score (nSPS) is 18.5. The van der Waals surface area contributed by atoms with E-state index in [1.165, 1.54) is 42.5 Å². The van der Waals surface area contributed by atoms with Gasteiger partial charge in [0.15, 0.2) is 5.96 Å². The minimum Gasteiger partial charge on any atom is -0.475 e. The van der Waals surface area contributed by atoms with Gasteiger partial charge in [-0.2, -0.15) is 0 Å². The zero-order valence-corrected chi connectivity index (χ0v) is 17.5. The monoisotopic (exact) mass is 429 g/mol. The first-order valence-electron chi connectivity index (χ1n) is 9.56. The van der Waals surface area contributed by atoms with Crippen LogP contribution >= 0.6 is 0 Å². The number of carbonyl (C=O) groups excluding carboxylic acids is 2. The minimum absolute atomic E-state index is 0.000102. The highest BCUT2D eigenvalue weighted by Crippen LogP contribution is 2.35. The molecule has 164 valence electrons. The molecule has 4 N–H and O–H groups in total. The number of nitrogens with two attached hydrogens (primary N) is 1. The van der Waals surface area contributed by atoms with Gasteiger partial charge in [-0.25, -0.2) is 19.4 Å². The van der Waals surface area contributed by atoms with Gasteiger partial charge in [0.25, 0.3) is 5.91 Å². The minimum atomic E-state index is -1.19. The number of aliphatic imine (C=N–C) groups is 1. The Hall–Kier alpha value is -3.60. The number of amides is 2. The summed E-state index contributed by atoms with van der Waals surface area (Å²) < 4.78 is 20.0. The number of nitrogens with zero attached hydrogens (tertiary/aromatic N) is 4. The summed E-state index contributed by atoms with van der Waals surface area (Å²) in [7, 11) is 3.31. The fourth-order valence-corrected chi connectivity index (χ4v) is 3.04. The number of benzene rings is 1. The molecule has 11 heteroatoms. The molecule has 0 bridgehead atoms. The first-order valence-corrected chi connectivity index (χ1v) is 9.56. The molecule has 0 aliphatic carbocycles. The number of hydrogen-bond donors (Lipinski definition) is 3. The van der Waals surface area contributed by atoms with Crippen LogP contribution in [0.2, 0.25) is 0 Å². The molecule has 10 nitrogen and oxygen atoms in total. The fraction of sp³-hybridized carbons (Fsp3) is 0.350. The Morgan fingerprint density at radius 2 is 2.13 bits per heavy atom. The standard InChI is InChI=1S/C20H24FN7O3/c1-20(9-17(29)28(3)19(22)27-20)13-8-12(4-5-14(13)21)26-18(30)15-10-25-16(11-24-15)31-7-6-23-2/h4-5,8,10-11,23H,6-7,9H2,1-3H3,(H2,22,27)(H,26,30). The van der Waals surface area contributed by atoms with Gasteiger partial charge in [-0.3, -0.25) is 14.5 Å². The molecule has 1 unspecified atom stereocenters. The molecule has 1 aliphatic heterocycles. The van der Waals surface area contributed by atoms with Crippen molar-refractivity contribution in [2.24, 2.45) is 10.7 Å². The van der Waals surface area contributed by atoms with Crippen molar-refractivity contribution >= 4 is 23.5 Å². The zero-order chi connectivity index (χ0) is 22.6. The topological polar surface area (TPSA) is 135 Å². The molecular weight excluding hydrogens is 405 g/mol. The second-order valence-corrected chi connectivity index (χ2v) is 7.21. The number of halogens is 1. The van der Waals surface area contributed by atoms with Gasteiger partial charge in [-0.15, -0.1) is 0 Å². The molecule has 1 aromatic carbocycles. The quantitative estimate of drug-likeness (QED) is 0.556. The van der Waals surface area contributed by atoms with E-state index in [0.29, 0.717) is 24.7 Å². The number of likely N-dealkylation sites (N-methyl/N-ethyl adjacent to an activating group) is 1. The molecule has 2 heterocycles. The summed E-state index contributed by atoms with van der Waals surface area (Å²) in [6.45, 7) is 2.68. The van der Waals surface area contributed by atoms with Crippen LogP contribution in [0.25, 0.3) is 0 Å². The lowest BCUT2D eigenvalue weighted by molar-refractivity contribution is -0.128. The van der Waals surface area contributed by atoms with E-state index in [9.17, 15) is 14.0 Å². The number of hydrogen-bond acceptors (Lipinski definition) is 8. The average Bonchev–Trinajstić information content (AvgIpc) is 2.74. The van der Waals surface area contributed by atoms with Crippen LogP contribution in [0.4, 0.5) is 10.1 Å². The Bertz CT molecular complexity index is 1010. The predicted octanol–water partition coefficient (Wildman–Crippen LogP) is 0.858. The van der Waals surface area contributed by atoms with Crippen molar-refractivity contribution in [2.75, 3.05) is 32.6 Å². The van der Waals surface area contributed by atoms with E-state index in [-0.39, 0.29) is 29.5 Å². The van der Waals surface area contributed by atoms with E-state index < -0.39 is 17.3 Å². The highest BCUT2D eigenvalue weighted by molar-refractivity contribution is 6.03. The molecule has 2 amide bonds. The van der Waals surface area contributed by atoms with E-state index >= 15 is 0 Å². The third-order valence-electron chi connectivity index (χ3n) is 4.84. The molecular formula is C20H24FN7O3. The fourth-order valence-electron chi connectivity index (χ4n) is 3.04. The van der Waals surface area contributed by atoms with Crippen molar-refractivity contribution in [3.8, 4) is 5.88 Å². The summed E-state index contributed by atoms with van der Waals surface area (Å²) in [6.07, 6.45) is 2.58. The van der Waals surface area contributed by atoms with Crippen molar-refractivity contribution in [1.82, 2.24) is 20.2 Å². The Balaban J connectivity index is 1.78. The Kier molecular flexibility index (Phi) is 6.44. The van der Waals surface area contributed by atoms with Gasteiger partial charge in [0.1, 0.15) is 18.1 Å². The van der Waals surface area contributed by atoms with Crippen LogP contribution in [0.5, 0.6) is 5.88 Å². The summed E-state index contributed by atoms with van der Waals surface area (Å²) in [5, 5.41) is 5.59. The van der Waals surface area contributed by atoms with Crippen LogP contribution in [0.1, 0.15) is 29.4 Å². The van der Waals surface area contributed by atoms with Crippen LogP contribution in [0.3, 0.4) is 0 Å². The molecule has 1 aromatic heterocycles. The number of guanidine groups is 1. The van der Waals surface area contributed by atoms with E-state index in [4.69, 9.17) is 10.5 Å². The van der Waals surface area contributed by atoms with Gasteiger partial charge in [0, 0.05) is 24.8 Å². The number of carbonyl (C=O) groups is 2. The molecule has 3 rings (SSSR count). The predicted molar refractivity (Wildman–Crippen MR) is 112 cm³/mol. The summed E-state index contributed by atoms with van der Waals surface area (Å²) in [5.41, 5.74) is 5.15. The summed E-state index contributed by atoms with van der Waals surface area (Å²) in [6, 6.07) is 4.05. The molecule has 0 spiro atoms. The first kappa shape index (κ1) is 22.1. The Morgan fingerprint density at radius 1 is 1.35 bits per heavy atom. The lowest BCUT2D eigenvalue weighted by atomic mass is 9.87. The molecule has 0 saturated carbocycles. The number of nitrogens with one attached hydrogen (secondary N) is 2. The average molecular weight is 429 g/mol. The van der Waals surface area contributed by atoms with Crippen LogP contribution in [-0.2, 0) is 10.3 Å². The highest BCUT2D eigenvalue weighted by Gasteiger charge is 2.38. The number of ether oxygens (including phenoxy) is 1. The van der Waals surface area contributed by atoms with Crippen molar-refractivity contribution in [1.29, 1.82) is 0 Å². The maximum Gasteiger partial charge on any atom is 0.275 e. The van der Waals surface area contributed by atoms with E-state index in [1.807, 2.05) is 0 Å². The summed E-state index contributed by atoms with van der Waals surface area (Å²) in [5.74, 6) is -1.07. The van der Waals surface area contributed by atoms with Crippen LogP contribution in [-0.4, -0.2) is 59.9 Å². The Morgan fingerprint density at radius 3 is 2.77 bits per heavy atom. The van der Waals surface area contributed by atoms with E-state index in [1.54, 1.807) is 14.0 Å². The summed E-state index contributed by atoms with van der Waals surface area (Å²) >= 11 is 0. The largest absolute Gasteiger partial charge is 0.475 e. The van der Waals surface area contributed by atoms with Crippen LogP contribution < -0.4 is 21.1 Å². The SMILES string of the molecule is CNCCOc1cnc(C(=O)Nc2ccc(F)c(C3(C)CC(=O)N(C)C(N)=N3)c2)cn1. The van der Waals surface area contributed by atoms with Crippen LogP contribution in [0.15, 0.2) is 35.6 Å². The molecule has 0 radical (unpaired) electrons. The highest BCUT2D eigenvalue weighted by atomic mass is 19.1. The van der Waals surface area contributed by atoms with Crippen LogP contribution in [0, 0.1) is 5.82 Å². The van der Waals surface area contributed by atoms with Crippen molar-refractivity contribution in [2.45, 2.75) is 18.9 Å². The smallest absolute Gasteiger partial charge is 0.275 e. The maximum absolute atomic E-state index is 14.6. The molecule has 1 atom stereocenters. The van der Waals surface area contributed by atoms with Gasteiger partial charge in [0.2, 0.25) is 11.8 Å². The number of aromatic nitrogens is 2. The summed E-state index contributed by atoms with van der Waals surface area (Å²) in [4.78, 5) is 38.3. The second-order valence-electron chi connectivity index (χ2n) is 7.21. The van der Waals surface area contributed by atoms with E-state index in [2.05, 4.69) is 25.6 Å². The third-order valence-corrected chi connectivity index (χ3v) is 4.84. The van der Waals surface area contributed by atoms with E-state index in [0.717, 1.165) is 0 Å². The number of rotatable bonds is 7. The molecule has 31 heavy (non-hydrogen) atoms. The van der Waals surface area contributed by atoms with Gasteiger partial charge >= 0.3 is 0 Å². The molecule has 1 aliphatic rings. The molecule has 0 saturated heterocycles. The van der Waals surface area contributed by atoms with Crippen molar-refractivity contribution in [3.63, 3.8) is 0 Å². The Labute approximate surface area is 178 Å². The molecule has 2 aromatic rings. The third kappa shape index (κ3) is 4.94. The first-order chi connectivity index (χ1) is 14.7. The maximum atomic E-state index is 14.6. The van der Waals surface area contributed by atoms with Crippen molar-refractivity contribution in [3.05, 3.63) is 47.7 Å². The van der Waals surface area contributed by atoms with Gasteiger partial charge < -0.3 is 21.1 Å². The lowest BCUT2D eigenvalue weighted by Crippen LogP contribution is -2.47. The molecule has 0 fully saturated rings. The van der Waals surface area contributed by atoms with Gasteiger partial charge in [-0.1, -0.05) is 0 Å². The number of anilines is 1. The van der Waals surface area contributed by atoms with Gasteiger partial charge in [-0.05, 0) is 32.2 Å². The second kappa shape index (κ2) is 9.04.